The zero-order valence-corrected chi connectivity index (χ0v) is 26.2. The summed E-state index contributed by atoms with van der Waals surface area (Å²) < 4.78 is 16.2. The minimum Gasteiger partial charge on any atom is -0.497 e. The Morgan fingerprint density at radius 3 is 1.91 bits per heavy atom. The van der Waals surface area contributed by atoms with E-state index < -0.39 is 12.6 Å². The van der Waals surface area contributed by atoms with Crippen LogP contribution in [0.3, 0.4) is 0 Å². The molecule has 234 valence electrons. The zero-order valence-electron chi connectivity index (χ0n) is 24.7. The summed E-state index contributed by atoms with van der Waals surface area (Å²) in [5, 5.41) is 13.3. The second kappa shape index (κ2) is 16.5. The van der Waals surface area contributed by atoms with Gasteiger partial charge in [0.1, 0.15) is 11.5 Å². The molecule has 2 N–H and O–H groups in total. The van der Waals surface area contributed by atoms with Gasteiger partial charge >= 0.3 is 11.9 Å². The molecule has 0 aliphatic carbocycles. The molecule has 45 heavy (non-hydrogen) atoms. The second-order valence-electron chi connectivity index (χ2n) is 10.1. The SMILES string of the molecule is COc1ccc(C(=O)OCCCCCCNC(=O)c2cc(-c3cccc(Cl)c3)c(OCC(=O)O)c(-c3cccc(Cl)c3)c2)cc1. The van der Waals surface area contributed by atoms with Gasteiger partial charge in [-0.15, -0.1) is 0 Å². The third-order valence-corrected chi connectivity index (χ3v) is 7.35. The van der Waals surface area contributed by atoms with Gasteiger partial charge in [-0.2, -0.15) is 0 Å². The van der Waals surface area contributed by atoms with Gasteiger partial charge in [0.15, 0.2) is 6.61 Å². The molecule has 0 radical (unpaired) electrons. The van der Waals surface area contributed by atoms with Gasteiger partial charge < -0.3 is 24.6 Å². The smallest absolute Gasteiger partial charge is 0.341 e. The average molecular weight is 651 g/mol. The number of amides is 1. The molecule has 4 rings (SSSR count). The van der Waals surface area contributed by atoms with Gasteiger partial charge in [0.05, 0.1) is 19.3 Å². The minimum absolute atomic E-state index is 0.292. The maximum absolute atomic E-state index is 13.3. The van der Waals surface area contributed by atoms with Gasteiger partial charge in [-0.25, -0.2) is 9.59 Å². The highest BCUT2D eigenvalue weighted by Gasteiger charge is 2.20. The predicted octanol–water partition coefficient (Wildman–Crippen LogP) is 7.95. The van der Waals surface area contributed by atoms with Crippen LogP contribution in [0.5, 0.6) is 11.5 Å². The Morgan fingerprint density at radius 2 is 1.36 bits per heavy atom. The van der Waals surface area contributed by atoms with Crippen LogP contribution in [0.25, 0.3) is 22.3 Å². The molecule has 1 amide bonds. The fourth-order valence-corrected chi connectivity index (χ4v) is 5.03. The second-order valence-corrected chi connectivity index (χ2v) is 11.0. The first-order chi connectivity index (χ1) is 21.7. The third-order valence-electron chi connectivity index (χ3n) is 6.88. The largest absolute Gasteiger partial charge is 0.497 e. The van der Waals surface area contributed by atoms with Crippen LogP contribution in [-0.4, -0.2) is 49.8 Å². The Bertz CT molecular complexity index is 1570. The van der Waals surface area contributed by atoms with Gasteiger partial charge in [-0.05, 0) is 91.1 Å². The maximum Gasteiger partial charge on any atom is 0.341 e. The first-order valence-electron chi connectivity index (χ1n) is 14.4. The molecule has 8 nitrogen and oxygen atoms in total. The lowest BCUT2D eigenvalue weighted by Crippen LogP contribution is -2.24. The summed E-state index contributed by atoms with van der Waals surface area (Å²) in [7, 11) is 1.56. The predicted molar refractivity (Wildman–Crippen MR) is 175 cm³/mol. The molecule has 0 aliphatic heterocycles. The molecule has 0 saturated heterocycles. The molecule has 0 aliphatic rings. The number of benzene rings is 4. The summed E-state index contributed by atoms with van der Waals surface area (Å²) in [6.07, 6.45) is 3.11. The Labute approximate surface area is 271 Å². The maximum atomic E-state index is 13.3. The number of carboxylic acid groups (broad SMARTS) is 1. The van der Waals surface area contributed by atoms with E-state index in [9.17, 15) is 19.5 Å². The molecular weight excluding hydrogens is 617 g/mol. The summed E-state index contributed by atoms with van der Waals surface area (Å²) in [5.41, 5.74) is 3.20. The van der Waals surface area contributed by atoms with Gasteiger partial charge in [0.2, 0.25) is 0 Å². The molecule has 4 aromatic rings. The fourth-order valence-electron chi connectivity index (χ4n) is 4.65. The van der Waals surface area contributed by atoms with Crippen molar-refractivity contribution in [3.63, 3.8) is 0 Å². The van der Waals surface area contributed by atoms with E-state index in [-0.39, 0.29) is 11.9 Å². The number of halogens is 2. The number of esters is 1. The number of ether oxygens (including phenoxy) is 3. The van der Waals surface area contributed by atoms with Crippen LogP contribution in [0, 0.1) is 0 Å². The fraction of sp³-hybridized carbons (Fsp3) is 0.229. The number of carboxylic acids is 1. The van der Waals surface area contributed by atoms with Crippen LogP contribution >= 0.6 is 23.2 Å². The Balaban J connectivity index is 1.40. The first kappa shape index (κ1) is 33.4. The van der Waals surface area contributed by atoms with Crippen LogP contribution in [0.4, 0.5) is 0 Å². The normalized spacial score (nSPS) is 10.6. The van der Waals surface area contributed by atoms with Crippen molar-refractivity contribution in [2.24, 2.45) is 0 Å². The lowest BCUT2D eigenvalue weighted by atomic mass is 9.94. The monoisotopic (exact) mass is 649 g/mol. The highest BCUT2D eigenvalue weighted by atomic mass is 35.5. The van der Waals surface area contributed by atoms with Crippen molar-refractivity contribution >= 4 is 41.0 Å². The van der Waals surface area contributed by atoms with Crippen molar-refractivity contribution in [3.05, 3.63) is 106 Å². The van der Waals surface area contributed by atoms with Crippen LogP contribution in [0.1, 0.15) is 46.4 Å². The number of carbonyl (C=O) groups excluding carboxylic acids is 2. The number of rotatable bonds is 15. The highest BCUT2D eigenvalue weighted by molar-refractivity contribution is 6.31. The number of hydrogen-bond donors (Lipinski definition) is 2. The molecule has 10 heteroatoms. The van der Waals surface area contributed by atoms with E-state index in [0.29, 0.717) is 74.5 Å². The Hall–Kier alpha value is -4.53. The molecular formula is C35H33Cl2NO7. The molecule has 4 aromatic carbocycles. The van der Waals surface area contributed by atoms with E-state index in [4.69, 9.17) is 37.4 Å². The highest BCUT2D eigenvalue weighted by Crippen LogP contribution is 2.41. The first-order valence-corrected chi connectivity index (χ1v) is 15.1. The van der Waals surface area contributed by atoms with Gasteiger partial charge in [-0.1, -0.05) is 53.9 Å². The Kier molecular flexibility index (Phi) is 12.2. The average Bonchev–Trinajstić information content (AvgIpc) is 3.04. The van der Waals surface area contributed by atoms with E-state index in [2.05, 4.69) is 5.32 Å². The number of methoxy groups -OCH3 is 1. The molecule has 0 heterocycles. The summed E-state index contributed by atoms with van der Waals surface area (Å²) >= 11 is 12.6. The van der Waals surface area contributed by atoms with Crippen LogP contribution in [-0.2, 0) is 9.53 Å². The van der Waals surface area contributed by atoms with E-state index >= 15 is 0 Å². The third kappa shape index (κ3) is 9.73. The zero-order chi connectivity index (χ0) is 32.2. The lowest BCUT2D eigenvalue weighted by molar-refractivity contribution is -0.139. The summed E-state index contributed by atoms with van der Waals surface area (Å²) in [6, 6.07) is 24.1. The molecule has 0 atom stereocenters. The van der Waals surface area contributed by atoms with E-state index in [1.165, 1.54) is 0 Å². The van der Waals surface area contributed by atoms with Crippen molar-refractivity contribution in [1.82, 2.24) is 5.32 Å². The van der Waals surface area contributed by atoms with Crippen molar-refractivity contribution in [2.45, 2.75) is 25.7 Å². The van der Waals surface area contributed by atoms with Crippen LogP contribution in [0.15, 0.2) is 84.9 Å². The topological polar surface area (TPSA) is 111 Å². The van der Waals surface area contributed by atoms with Crippen LogP contribution in [0.2, 0.25) is 10.0 Å². The van der Waals surface area contributed by atoms with Gasteiger partial charge in [0.25, 0.3) is 5.91 Å². The number of unbranched alkanes of at least 4 members (excludes halogenated alkanes) is 3. The minimum atomic E-state index is -1.14. The summed E-state index contributed by atoms with van der Waals surface area (Å²) in [5.74, 6) is -0.839. The van der Waals surface area contributed by atoms with Gasteiger partial charge in [0, 0.05) is 33.3 Å². The van der Waals surface area contributed by atoms with Gasteiger partial charge in [-0.3, -0.25) is 4.79 Å². The van der Waals surface area contributed by atoms with Crippen molar-refractivity contribution in [2.75, 3.05) is 26.9 Å². The molecule has 0 bridgehead atoms. The lowest BCUT2D eigenvalue weighted by Gasteiger charge is -2.18. The number of nitrogens with one attached hydrogen (secondary N) is 1. The van der Waals surface area contributed by atoms with E-state index in [1.54, 1.807) is 79.9 Å². The van der Waals surface area contributed by atoms with Crippen molar-refractivity contribution in [3.8, 4) is 33.8 Å². The molecule has 0 unspecified atom stereocenters. The number of carbonyl (C=O) groups is 3. The number of hydrogen-bond acceptors (Lipinski definition) is 6. The van der Waals surface area contributed by atoms with E-state index in [0.717, 1.165) is 19.3 Å². The standard InChI is InChI=1S/C35H33Cl2NO7/c1-43-29-14-12-23(13-15-29)35(42)44-17-5-3-2-4-16-38-34(41)26-20-30(24-8-6-10-27(36)18-24)33(45-22-32(39)40)31(21-26)25-9-7-11-28(37)19-25/h6-15,18-21H,2-5,16-17,22H2,1H3,(H,38,41)(H,39,40). The summed E-state index contributed by atoms with van der Waals surface area (Å²) in [6.45, 7) is 0.181. The molecule has 0 saturated carbocycles. The molecule has 0 aromatic heterocycles. The Morgan fingerprint density at radius 1 is 0.756 bits per heavy atom. The van der Waals surface area contributed by atoms with E-state index in [1.807, 2.05) is 12.1 Å². The van der Waals surface area contributed by atoms with Crippen molar-refractivity contribution < 1.29 is 33.7 Å². The number of aliphatic carboxylic acids is 1. The molecule has 0 fully saturated rings. The van der Waals surface area contributed by atoms with Crippen LogP contribution < -0.4 is 14.8 Å². The van der Waals surface area contributed by atoms with Crippen molar-refractivity contribution in [1.29, 1.82) is 0 Å². The molecule has 0 spiro atoms. The quantitative estimate of drug-likeness (QED) is 0.0993. The summed E-state index contributed by atoms with van der Waals surface area (Å²) in [4.78, 5) is 37.0.